The minimum Gasteiger partial charge on any atom is -0.459 e. The quantitative estimate of drug-likeness (QED) is 0.636. The number of aliphatic hydroxyl groups is 1. The third-order valence-corrected chi connectivity index (χ3v) is 7.71. The van der Waals surface area contributed by atoms with Crippen molar-refractivity contribution in [2.45, 2.75) is 62.3 Å². The molecule has 4 nitrogen and oxygen atoms in total. The van der Waals surface area contributed by atoms with Crippen molar-refractivity contribution >= 4 is 5.97 Å². The van der Waals surface area contributed by atoms with E-state index in [1.54, 1.807) is 24.3 Å². The average Bonchev–Trinajstić information content (AvgIpc) is 3.31. The molecule has 2 bridgehead atoms. The third-order valence-electron chi connectivity index (χ3n) is 7.71. The molecule has 29 heavy (non-hydrogen) atoms. The molecule has 0 amide bonds. The van der Waals surface area contributed by atoms with Crippen molar-refractivity contribution in [3.63, 3.8) is 0 Å². The lowest BCUT2D eigenvalue weighted by molar-refractivity contribution is -0.956. The number of carbonyl (C=O) groups excluding carboxylic acids is 1. The molecule has 3 atom stereocenters. The molecule has 5 rings (SSSR count). The molecule has 1 unspecified atom stereocenters. The van der Waals surface area contributed by atoms with Crippen LogP contribution in [0.5, 0.6) is 0 Å². The standard InChI is InChI=1S/C25H30NO3/c27-24(25(28,19-9-3-1-4-10-19)20-11-5-2-6-12-20)29-23-17-21-13-14-22(18-23)26(21)15-7-8-16-26/h1-6,9-12,21-23,28H,7-8,13-18H2/q+1/t21-,22+,23?. The molecule has 1 N–H and O–H groups in total. The van der Waals surface area contributed by atoms with Crippen LogP contribution in [-0.2, 0) is 15.1 Å². The van der Waals surface area contributed by atoms with Gasteiger partial charge in [0.2, 0.25) is 5.60 Å². The molecule has 0 saturated carbocycles. The van der Waals surface area contributed by atoms with Gasteiger partial charge in [0, 0.05) is 38.5 Å². The van der Waals surface area contributed by atoms with E-state index in [2.05, 4.69) is 0 Å². The van der Waals surface area contributed by atoms with Crippen LogP contribution in [0, 0.1) is 0 Å². The minimum absolute atomic E-state index is 0.0942. The zero-order chi connectivity index (χ0) is 19.9. The Morgan fingerprint density at radius 1 is 0.862 bits per heavy atom. The maximum Gasteiger partial charge on any atom is 0.347 e. The fraction of sp³-hybridized carbons (Fsp3) is 0.480. The van der Waals surface area contributed by atoms with Gasteiger partial charge >= 0.3 is 5.97 Å². The van der Waals surface area contributed by atoms with Crippen LogP contribution in [0.15, 0.2) is 60.7 Å². The van der Waals surface area contributed by atoms with Gasteiger partial charge in [-0.05, 0) is 11.1 Å². The van der Waals surface area contributed by atoms with Gasteiger partial charge in [-0.15, -0.1) is 0 Å². The Balaban J connectivity index is 1.40. The van der Waals surface area contributed by atoms with Crippen LogP contribution in [0.1, 0.15) is 49.7 Å². The number of nitrogens with zero attached hydrogens (tertiary/aromatic N) is 1. The van der Waals surface area contributed by atoms with Gasteiger partial charge in [0.25, 0.3) is 0 Å². The molecule has 3 aliphatic rings. The zero-order valence-electron chi connectivity index (χ0n) is 16.9. The summed E-state index contributed by atoms with van der Waals surface area (Å²) in [7, 11) is 0. The van der Waals surface area contributed by atoms with Crippen molar-refractivity contribution in [2.24, 2.45) is 0 Å². The highest BCUT2D eigenvalue weighted by molar-refractivity contribution is 5.85. The summed E-state index contributed by atoms with van der Waals surface area (Å²) >= 11 is 0. The van der Waals surface area contributed by atoms with E-state index in [0.29, 0.717) is 23.2 Å². The van der Waals surface area contributed by atoms with E-state index < -0.39 is 11.6 Å². The number of carbonyl (C=O) groups is 1. The van der Waals surface area contributed by atoms with E-state index in [-0.39, 0.29) is 6.10 Å². The molecule has 0 aromatic heterocycles. The van der Waals surface area contributed by atoms with Crippen LogP contribution >= 0.6 is 0 Å². The molecule has 3 aliphatic heterocycles. The second-order valence-corrected chi connectivity index (χ2v) is 9.08. The summed E-state index contributed by atoms with van der Waals surface area (Å²) in [6.45, 7) is 2.60. The number of hydrogen-bond acceptors (Lipinski definition) is 3. The summed E-state index contributed by atoms with van der Waals surface area (Å²) in [5.41, 5.74) is -0.671. The Labute approximate surface area is 172 Å². The summed E-state index contributed by atoms with van der Waals surface area (Å²) in [5, 5.41) is 11.6. The lowest BCUT2D eigenvalue weighted by Gasteiger charge is -2.47. The highest BCUT2D eigenvalue weighted by atomic mass is 16.6. The number of rotatable bonds is 4. The van der Waals surface area contributed by atoms with Crippen LogP contribution in [0.2, 0.25) is 0 Å². The van der Waals surface area contributed by atoms with Crippen molar-refractivity contribution < 1.29 is 19.1 Å². The van der Waals surface area contributed by atoms with Gasteiger partial charge in [-0.1, -0.05) is 60.7 Å². The molecule has 4 heteroatoms. The van der Waals surface area contributed by atoms with Gasteiger partial charge in [0.15, 0.2) is 0 Å². The van der Waals surface area contributed by atoms with Crippen molar-refractivity contribution in [1.82, 2.24) is 0 Å². The van der Waals surface area contributed by atoms with Gasteiger partial charge in [-0.3, -0.25) is 0 Å². The Bertz CT molecular complexity index is 805. The summed E-state index contributed by atoms with van der Waals surface area (Å²) < 4.78 is 7.32. The largest absolute Gasteiger partial charge is 0.459 e. The first-order chi connectivity index (χ1) is 14.1. The lowest BCUT2D eigenvalue weighted by atomic mass is 9.86. The number of ether oxygens (including phenoxy) is 1. The van der Waals surface area contributed by atoms with Crippen molar-refractivity contribution in [2.75, 3.05) is 13.1 Å². The van der Waals surface area contributed by atoms with E-state index >= 15 is 0 Å². The number of quaternary nitrogens is 1. The molecule has 3 saturated heterocycles. The first-order valence-corrected chi connectivity index (χ1v) is 11.0. The summed E-state index contributed by atoms with van der Waals surface area (Å²) in [6, 6.07) is 19.6. The Kier molecular flexibility index (Phi) is 4.72. The fourth-order valence-electron chi connectivity index (χ4n) is 6.30. The van der Waals surface area contributed by atoms with E-state index in [9.17, 15) is 9.90 Å². The van der Waals surface area contributed by atoms with Crippen LogP contribution in [-0.4, -0.2) is 46.8 Å². The van der Waals surface area contributed by atoms with Gasteiger partial charge < -0.3 is 14.3 Å². The van der Waals surface area contributed by atoms with E-state index in [1.807, 2.05) is 36.4 Å². The Morgan fingerprint density at radius 2 is 1.34 bits per heavy atom. The molecule has 2 aromatic rings. The smallest absolute Gasteiger partial charge is 0.347 e. The topological polar surface area (TPSA) is 46.5 Å². The monoisotopic (exact) mass is 392 g/mol. The molecule has 3 heterocycles. The first-order valence-electron chi connectivity index (χ1n) is 11.0. The Morgan fingerprint density at radius 3 is 1.83 bits per heavy atom. The normalized spacial score (nSPS) is 27.8. The second kappa shape index (κ2) is 7.26. The third kappa shape index (κ3) is 3.01. The number of hydrogen-bond donors (Lipinski definition) is 1. The van der Waals surface area contributed by atoms with Crippen LogP contribution in [0.3, 0.4) is 0 Å². The maximum atomic E-state index is 13.4. The first kappa shape index (κ1) is 18.8. The van der Waals surface area contributed by atoms with Gasteiger partial charge in [0.05, 0.1) is 25.2 Å². The average molecular weight is 393 g/mol. The van der Waals surface area contributed by atoms with Gasteiger partial charge in [-0.2, -0.15) is 0 Å². The number of piperidine rings is 1. The fourth-order valence-corrected chi connectivity index (χ4v) is 6.30. The van der Waals surface area contributed by atoms with E-state index in [4.69, 9.17) is 4.74 Å². The molecule has 0 radical (unpaired) electrons. The second-order valence-electron chi connectivity index (χ2n) is 9.08. The molecular formula is C25H30NO3+. The molecular weight excluding hydrogens is 362 g/mol. The van der Waals surface area contributed by atoms with Crippen LogP contribution in [0.25, 0.3) is 0 Å². The van der Waals surface area contributed by atoms with Crippen LogP contribution < -0.4 is 0 Å². The van der Waals surface area contributed by atoms with E-state index in [1.165, 1.54) is 43.3 Å². The summed E-state index contributed by atoms with van der Waals surface area (Å²) in [6.07, 6.45) is 6.94. The molecule has 0 aliphatic carbocycles. The van der Waals surface area contributed by atoms with Gasteiger partial charge in [-0.25, -0.2) is 4.79 Å². The highest BCUT2D eigenvalue weighted by Gasteiger charge is 2.56. The number of esters is 1. The lowest BCUT2D eigenvalue weighted by Crippen LogP contribution is -2.60. The Hall–Kier alpha value is -2.17. The van der Waals surface area contributed by atoms with Crippen molar-refractivity contribution in [1.29, 1.82) is 0 Å². The minimum atomic E-state index is -1.78. The highest BCUT2D eigenvalue weighted by Crippen LogP contribution is 2.46. The van der Waals surface area contributed by atoms with Gasteiger partial charge in [0.1, 0.15) is 6.10 Å². The number of benzene rings is 2. The molecule has 3 fully saturated rings. The van der Waals surface area contributed by atoms with E-state index in [0.717, 1.165) is 12.8 Å². The van der Waals surface area contributed by atoms with Crippen molar-refractivity contribution in [3.8, 4) is 0 Å². The molecule has 2 aromatic carbocycles. The SMILES string of the molecule is O=C(OC1C[C@H]2CC[C@@H](C1)[N+]21CCCC1)C(O)(c1ccccc1)c1ccccc1. The summed E-state index contributed by atoms with van der Waals surface area (Å²) in [5.74, 6) is -0.547. The molecule has 1 spiro atoms. The predicted octanol–water partition coefficient (Wildman–Crippen LogP) is 3.77. The molecule has 152 valence electrons. The van der Waals surface area contributed by atoms with Crippen LogP contribution in [0.4, 0.5) is 0 Å². The predicted molar refractivity (Wildman–Crippen MR) is 111 cm³/mol. The maximum absolute atomic E-state index is 13.4. The van der Waals surface area contributed by atoms with Crippen molar-refractivity contribution in [3.05, 3.63) is 71.8 Å². The summed E-state index contributed by atoms with van der Waals surface area (Å²) in [4.78, 5) is 13.4. The zero-order valence-corrected chi connectivity index (χ0v) is 16.9.